The van der Waals surface area contributed by atoms with Gasteiger partial charge in [0.25, 0.3) is 15.7 Å². The summed E-state index contributed by atoms with van der Waals surface area (Å²) in [7, 11) is -4.08. The van der Waals surface area contributed by atoms with Crippen LogP contribution >= 0.6 is 0 Å². The molecule has 0 saturated carbocycles. The van der Waals surface area contributed by atoms with E-state index in [4.69, 9.17) is 5.11 Å². The quantitative estimate of drug-likeness (QED) is 0.637. The fourth-order valence-electron chi connectivity index (χ4n) is 1.88. The number of hydrogen-bond donors (Lipinski definition) is 2. The number of sulfonamides is 1. The van der Waals surface area contributed by atoms with E-state index in [-0.39, 0.29) is 21.8 Å². The lowest BCUT2D eigenvalue weighted by atomic mass is 10.2. The van der Waals surface area contributed by atoms with E-state index in [1.54, 1.807) is 0 Å². The summed E-state index contributed by atoms with van der Waals surface area (Å²) in [4.78, 5) is 20.8. The van der Waals surface area contributed by atoms with Gasteiger partial charge in [0.2, 0.25) is 0 Å². The van der Waals surface area contributed by atoms with Crippen LogP contribution in [0.2, 0.25) is 0 Å². The lowest BCUT2D eigenvalue weighted by molar-refractivity contribution is -0.385. The van der Waals surface area contributed by atoms with Crippen molar-refractivity contribution in [1.82, 2.24) is 0 Å². The zero-order valence-corrected chi connectivity index (χ0v) is 12.7. The zero-order valence-electron chi connectivity index (χ0n) is 11.9. The molecular weight excluding hydrogens is 324 g/mol. The summed E-state index contributed by atoms with van der Waals surface area (Å²) < 4.78 is 26.8. The fourth-order valence-corrected chi connectivity index (χ4v) is 2.95. The number of nitro benzene ring substituents is 1. The maximum absolute atomic E-state index is 12.3. The topological polar surface area (TPSA) is 127 Å². The number of hydrogen-bond acceptors (Lipinski definition) is 5. The number of benzene rings is 2. The molecule has 23 heavy (non-hydrogen) atoms. The Labute approximate surface area is 131 Å². The van der Waals surface area contributed by atoms with Crippen molar-refractivity contribution in [3.8, 4) is 0 Å². The van der Waals surface area contributed by atoms with Crippen LogP contribution in [0.15, 0.2) is 47.4 Å². The first kappa shape index (κ1) is 16.4. The molecule has 0 heterocycles. The molecule has 0 spiro atoms. The van der Waals surface area contributed by atoms with Gasteiger partial charge in [0.1, 0.15) is 0 Å². The van der Waals surface area contributed by atoms with Crippen molar-refractivity contribution in [3.05, 3.63) is 63.7 Å². The van der Waals surface area contributed by atoms with Gasteiger partial charge in [-0.15, -0.1) is 0 Å². The van der Waals surface area contributed by atoms with Gasteiger partial charge >= 0.3 is 5.97 Å². The van der Waals surface area contributed by atoms with Crippen molar-refractivity contribution in [2.24, 2.45) is 0 Å². The second kappa shape index (κ2) is 6.05. The van der Waals surface area contributed by atoms with Crippen LogP contribution in [0.4, 0.5) is 11.4 Å². The molecule has 120 valence electrons. The second-order valence-electron chi connectivity index (χ2n) is 4.70. The lowest BCUT2D eigenvalue weighted by Crippen LogP contribution is -2.14. The first-order chi connectivity index (χ1) is 10.7. The molecule has 2 rings (SSSR count). The summed E-state index contributed by atoms with van der Waals surface area (Å²) in [6.07, 6.45) is 0. The molecule has 0 fully saturated rings. The first-order valence-corrected chi connectivity index (χ1v) is 7.80. The van der Waals surface area contributed by atoms with E-state index in [1.165, 1.54) is 37.3 Å². The molecule has 0 aromatic heterocycles. The summed E-state index contributed by atoms with van der Waals surface area (Å²) in [5.74, 6) is -1.20. The number of carbonyl (C=O) groups is 1. The minimum atomic E-state index is -4.08. The number of nitrogens with zero attached hydrogens (tertiary/aromatic N) is 1. The molecule has 0 aliphatic rings. The Morgan fingerprint density at radius 3 is 2.52 bits per heavy atom. The highest BCUT2D eigenvalue weighted by Gasteiger charge is 2.20. The Balaban J connectivity index is 2.40. The second-order valence-corrected chi connectivity index (χ2v) is 6.38. The molecule has 0 aliphatic carbocycles. The molecule has 0 saturated heterocycles. The number of aromatic carboxylic acids is 1. The minimum Gasteiger partial charge on any atom is -0.478 e. The van der Waals surface area contributed by atoms with Crippen LogP contribution in [0.25, 0.3) is 0 Å². The molecular formula is C14H12N2O6S. The molecule has 9 heteroatoms. The number of nitro groups is 1. The molecule has 8 nitrogen and oxygen atoms in total. The number of anilines is 1. The lowest BCUT2D eigenvalue weighted by Gasteiger charge is -2.09. The Morgan fingerprint density at radius 2 is 1.91 bits per heavy atom. The zero-order chi connectivity index (χ0) is 17.2. The van der Waals surface area contributed by atoms with Crippen molar-refractivity contribution >= 4 is 27.4 Å². The fraction of sp³-hybridized carbons (Fsp3) is 0.0714. The highest BCUT2D eigenvalue weighted by Crippen LogP contribution is 2.24. The van der Waals surface area contributed by atoms with Crippen LogP contribution in [0.3, 0.4) is 0 Å². The number of aryl methyl sites for hydroxylation is 1. The summed E-state index contributed by atoms with van der Waals surface area (Å²) in [5.41, 5.74) is -0.0119. The van der Waals surface area contributed by atoms with Crippen molar-refractivity contribution in [3.63, 3.8) is 0 Å². The van der Waals surface area contributed by atoms with E-state index in [0.717, 1.165) is 12.1 Å². The predicted octanol–water partition coefficient (Wildman–Crippen LogP) is 2.40. The summed E-state index contributed by atoms with van der Waals surface area (Å²) in [6, 6.07) is 8.77. The molecule has 0 radical (unpaired) electrons. The Morgan fingerprint density at radius 1 is 1.22 bits per heavy atom. The molecule has 0 unspecified atom stereocenters. The van der Waals surface area contributed by atoms with Gasteiger partial charge in [0.15, 0.2) is 0 Å². The average Bonchev–Trinajstić information content (AvgIpc) is 2.46. The number of carboxylic acid groups (broad SMARTS) is 1. The standard InChI is InChI=1S/C14H12N2O6S/c1-9-5-6-12(8-13(9)16(19)20)23(21,22)15-11-4-2-3-10(7-11)14(17)18/h2-8,15H,1H3,(H,17,18). The molecule has 2 aromatic carbocycles. The van der Waals surface area contributed by atoms with Gasteiger partial charge < -0.3 is 5.11 Å². The van der Waals surface area contributed by atoms with Gasteiger partial charge in [0, 0.05) is 17.3 Å². The highest BCUT2D eigenvalue weighted by molar-refractivity contribution is 7.92. The van der Waals surface area contributed by atoms with Gasteiger partial charge in [-0.25, -0.2) is 13.2 Å². The highest BCUT2D eigenvalue weighted by atomic mass is 32.2. The van der Waals surface area contributed by atoms with E-state index >= 15 is 0 Å². The van der Waals surface area contributed by atoms with E-state index in [1.807, 2.05) is 0 Å². The first-order valence-electron chi connectivity index (χ1n) is 6.32. The molecule has 0 atom stereocenters. The van der Waals surface area contributed by atoms with Gasteiger partial charge in [-0.2, -0.15) is 0 Å². The summed E-state index contributed by atoms with van der Waals surface area (Å²) in [5, 5.41) is 19.8. The number of nitrogens with one attached hydrogen (secondary N) is 1. The Kier molecular flexibility index (Phi) is 4.32. The van der Waals surface area contributed by atoms with Gasteiger partial charge in [-0.3, -0.25) is 14.8 Å². The van der Waals surface area contributed by atoms with E-state index in [0.29, 0.717) is 5.56 Å². The Bertz CT molecular complexity index is 892. The van der Waals surface area contributed by atoms with Crippen LogP contribution in [-0.2, 0) is 10.0 Å². The molecule has 0 aliphatic heterocycles. The Hall–Kier alpha value is -2.94. The largest absolute Gasteiger partial charge is 0.478 e. The van der Waals surface area contributed by atoms with Crippen LogP contribution in [-0.4, -0.2) is 24.4 Å². The minimum absolute atomic E-state index is 0.0492. The van der Waals surface area contributed by atoms with Gasteiger partial charge in [0.05, 0.1) is 15.4 Å². The molecule has 0 amide bonds. The van der Waals surface area contributed by atoms with Gasteiger partial charge in [-0.05, 0) is 31.2 Å². The maximum atomic E-state index is 12.3. The van der Waals surface area contributed by atoms with E-state index in [2.05, 4.69) is 4.72 Å². The number of rotatable bonds is 5. The summed E-state index contributed by atoms with van der Waals surface area (Å²) >= 11 is 0. The van der Waals surface area contributed by atoms with Crippen molar-refractivity contribution in [1.29, 1.82) is 0 Å². The third-order valence-corrected chi connectivity index (χ3v) is 4.43. The van der Waals surface area contributed by atoms with E-state index in [9.17, 15) is 23.3 Å². The normalized spacial score (nSPS) is 11.0. The van der Waals surface area contributed by atoms with Crippen molar-refractivity contribution in [2.45, 2.75) is 11.8 Å². The molecule has 2 aromatic rings. The summed E-state index contributed by atoms with van der Waals surface area (Å²) in [6.45, 7) is 1.50. The third-order valence-electron chi connectivity index (χ3n) is 3.05. The predicted molar refractivity (Wildman–Crippen MR) is 82.0 cm³/mol. The van der Waals surface area contributed by atoms with Crippen LogP contribution in [0.5, 0.6) is 0 Å². The monoisotopic (exact) mass is 336 g/mol. The van der Waals surface area contributed by atoms with Crippen molar-refractivity contribution in [2.75, 3.05) is 4.72 Å². The molecule has 0 bridgehead atoms. The van der Waals surface area contributed by atoms with Crippen LogP contribution in [0, 0.1) is 17.0 Å². The van der Waals surface area contributed by atoms with Crippen LogP contribution < -0.4 is 4.72 Å². The average molecular weight is 336 g/mol. The smallest absolute Gasteiger partial charge is 0.335 e. The van der Waals surface area contributed by atoms with E-state index < -0.39 is 20.9 Å². The maximum Gasteiger partial charge on any atom is 0.335 e. The SMILES string of the molecule is Cc1ccc(S(=O)(=O)Nc2cccc(C(=O)O)c2)cc1[N+](=O)[O-]. The third kappa shape index (κ3) is 3.64. The van der Waals surface area contributed by atoms with Crippen LogP contribution in [0.1, 0.15) is 15.9 Å². The number of carboxylic acids is 1. The van der Waals surface area contributed by atoms with Crippen molar-refractivity contribution < 1.29 is 23.2 Å². The molecule has 2 N–H and O–H groups in total. The van der Waals surface area contributed by atoms with Gasteiger partial charge in [-0.1, -0.05) is 12.1 Å².